The van der Waals surface area contributed by atoms with Crippen LogP contribution in [0.4, 0.5) is 0 Å². The van der Waals surface area contributed by atoms with Crippen molar-refractivity contribution in [3.05, 3.63) is 41.4 Å². The number of rotatable bonds is 4. The summed E-state index contributed by atoms with van der Waals surface area (Å²) < 4.78 is 0. The minimum absolute atomic E-state index is 0.221. The number of Topliss-reactive ketones (excluding diaryl/α,β-unsaturated/α-hetero) is 2. The van der Waals surface area contributed by atoms with Gasteiger partial charge in [-0.05, 0) is 37.3 Å². The summed E-state index contributed by atoms with van der Waals surface area (Å²) in [4.78, 5) is 38.1. The van der Waals surface area contributed by atoms with Gasteiger partial charge in [0.2, 0.25) is 0 Å². The van der Waals surface area contributed by atoms with Crippen LogP contribution in [-0.2, 0) is 16.0 Å². The number of allylic oxidation sites excluding steroid dienone is 2. The molecule has 1 fully saturated rings. The number of nitrogens with zero attached hydrogens (tertiary/aromatic N) is 4. The number of carbonyl (C=O) groups excluding carboxylic acids is 2. The summed E-state index contributed by atoms with van der Waals surface area (Å²) in [6.07, 6.45) is 8.44. The van der Waals surface area contributed by atoms with E-state index >= 15 is 0 Å². The molecule has 6 heteroatoms. The van der Waals surface area contributed by atoms with Crippen molar-refractivity contribution >= 4 is 17.4 Å². The van der Waals surface area contributed by atoms with Crippen LogP contribution in [0.5, 0.6) is 0 Å². The van der Waals surface area contributed by atoms with Crippen molar-refractivity contribution in [2.24, 2.45) is 4.99 Å². The van der Waals surface area contributed by atoms with E-state index < -0.39 is 0 Å². The lowest BCUT2D eigenvalue weighted by Crippen LogP contribution is -2.50. The summed E-state index contributed by atoms with van der Waals surface area (Å²) in [6, 6.07) is 3.80. The molecular weight excluding hydrogens is 340 g/mol. The number of hydrogen-bond acceptors (Lipinski definition) is 6. The van der Waals surface area contributed by atoms with Gasteiger partial charge in [-0.2, -0.15) is 0 Å². The molecule has 3 heterocycles. The van der Waals surface area contributed by atoms with Gasteiger partial charge in [0.1, 0.15) is 5.84 Å². The van der Waals surface area contributed by atoms with Crippen LogP contribution < -0.4 is 0 Å². The highest BCUT2D eigenvalue weighted by Gasteiger charge is 2.29. The number of pyridine rings is 1. The second-order valence-corrected chi connectivity index (χ2v) is 7.60. The zero-order valence-corrected chi connectivity index (χ0v) is 15.7. The van der Waals surface area contributed by atoms with Crippen LogP contribution in [0.3, 0.4) is 0 Å². The second-order valence-electron chi connectivity index (χ2n) is 7.60. The highest BCUT2D eigenvalue weighted by atomic mass is 16.1. The second kappa shape index (κ2) is 8.13. The Morgan fingerprint density at radius 1 is 1.11 bits per heavy atom. The van der Waals surface area contributed by atoms with E-state index in [-0.39, 0.29) is 11.6 Å². The molecule has 0 atom stereocenters. The highest BCUT2D eigenvalue weighted by Crippen LogP contribution is 2.30. The smallest absolute Gasteiger partial charge is 0.168 e. The molecule has 1 aromatic rings. The lowest BCUT2D eigenvalue weighted by molar-refractivity contribution is -0.119. The normalized spacial score (nSPS) is 21.1. The van der Waals surface area contributed by atoms with Gasteiger partial charge in [0.15, 0.2) is 11.6 Å². The summed E-state index contributed by atoms with van der Waals surface area (Å²) in [5.41, 5.74) is 2.97. The molecule has 0 spiro atoms. The van der Waals surface area contributed by atoms with E-state index in [4.69, 9.17) is 4.99 Å². The Labute approximate surface area is 160 Å². The number of aliphatic imine (C=N–C) groups is 1. The number of hydrogen-bond donors (Lipinski definition) is 0. The molecule has 27 heavy (non-hydrogen) atoms. The first kappa shape index (κ1) is 18.0. The van der Waals surface area contributed by atoms with Gasteiger partial charge in [0.05, 0.1) is 13.0 Å². The minimum Gasteiger partial charge on any atom is -0.357 e. The summed E-state index contributed by atoms with van der Waals surface area (Å²) in [6.45, 7) is 3.79. The standard InChI is InChI=1S/C21H26N4O2/c26-17(12-16-4-3-7-22-14-16)15-24-8-10-25(11-9-24)21-13-20(27)18-5-1-2-6-19(18)23-21/h3-4,7,14H,1-2,5-6,8-13,15H2. The third-order valence-corrected chi connectivity index (χ3v) is 5.62. The monoisotopic (exact) mass is 366 g/mol. The molecule has 0 radical (unpaired) electrons. The van der Waals surface area contributed by atoms with Crippen molar-refractivity contribution < 1.29 is 9.59 Å². The lowest BCUT2D eigenvalue weighted by atomic mass is 9.90. The maximum Gasteiger partial charge on any atom is 0.168 e. The molecule has 3 aliphatic rings. The van der Waals surface area contributed by atoms with Gasteiger partial charge >= 0.3 is 0 Å². The zero-order chi connectivity index (χ0) is 18.6. The number of amidine groups is 1. The molecule has 0 saturated carbocycles. The van der Waals surface area contributed by atoms with Crippen molar-refractivity contribution in [2.75, 3.05) is 32.7 Å². The topological polar surface area (TPSA) is 65.9 Å². The van der Waals surface area contributed by atoms with Crippen LogP contribution >= 0.6 is 0 Å². The van der Waals surface area contributed by atoms with E-state index in [1.165, 1.54) is 0 Å². The van der Waals surface area contributed by atoms with Gasteiger partial charge in [0.25, 0.3) is 0 Å². The quantitative estimate of drug-likeness (QED) is 0.816. The van der Waals surface area contributed by atoms with Crippen molar-refractivity contribution in [3.63, 3.8) is 0 Å². The Morgan fingerprint density at radius 3 is 2.70 bits per heavy atom. The molecular formula is C21H26N4O2. The third kappa shape index (κ3) is 4.33. The molecule has 6 nitrogen and oxygen atoms in total. The molecule has 0 bridgehead atoms. The largest absolute Gasteiger partial charge is 0.357 e. The van der Waals surface area contributed by atoms with Gasteiger partial charge in [-0.3, -0.25) is 19.5 Å². The van der Waals surface area contributed by atoms with Crippen LogP contribution in [0.15, 0.2) is 40.8 Å². The number of ketones is 2. The van der Waals surface area contributed by atoms with Gasteiger partial charge in [-0.1, -0.05) is 6.07 Å². The first-order chi connectivity index (χ1) is 13.2. The lowest BCUT2D eigenvalue weighted by Gasteiger charge is -2.37. The van der Waals surface area contributed by atoms with E-state index in [2.05, 4.69) is 14.8 Å². The number of piperazine rings is 1. The van der Waals surface area contributed by atoms with Crippen LogP contribution in [0, 0.1) is 0 Å². The Balaban J connectivity index is 1.30. The zero-order valence-electron chi connectivity index (χ0n) is 15.7. The molecule has 4 rings (SSSR count). The van der Waals surface area contributed by atoms with Crippen LogP contribution in [-0.4, -0.2) is 64.9 Å². The van der Waals surface area contributed by atoms with Crippen molar-refractivity contribution in [1.29, 1.82) is 0 Å². The fraction of sp³-hybridized carbons (Fsp3) is 0.524. The third-order valence-electron chi connectivity index (χ3n) is 5.62. The molecule has 0 aromatic carbocycles. The Kier molecular flexibility index (Phi) is 5.43. The molecule has 0 amide bonds. The van der Waals surface area contributed by atoms with E-state index in [9.17, 15) is 9.59 Å². The van der Waals surface area contributed by atoms with Gasteiger partial charge in [-0.25, -0.2) is 4.99 Å². The number of aromatic nitrogens is 1. The molecule has 0 unspecified atom stereocenters. The van der Waals surface area contributed by atoms with E-state index in [1.54, 1.807) is 12.4 Å². The Hall–Kier alpha value is -2.34. The van der Waals surface area contributed by atoms with Crippen molar-refractivity contribution in [3.8, 4) is 0 Å². The Bertz CT molecular complexity index is 777. The fourth-order valence-electron chi connectivity index (χ4n) is 4.14. The molecule has 1 saturated heterocycles. The summed E-state index contributed by atoms with van der Waals surface area (Å²) in [5.74, 6) is 1.42. The molecule has 1 aromatic heterocycles. The van der Waals surface area contributed by atoms with E-state index in [0.29, 0.717) is 19.4 Å². The fourth-order valence-corrected chi connectivity index (χ4v) is 4.14. The summed E-state index contributed by atoms with van der Waals surface area (Å²) >= 11 is 0. The predicted molar refractivity (Wildman–Crippen MR) is 104 cm³/mol. The average molecular weight is 366 g/mol. The minimum atomic E-state index is 0.221. The first-order valence-corrected chi connectivity index (χ1v) is 9.90. The summed E-state index contributed by atoms with van der Waals surface area (Å²) in [5, 5.41) is 0. The summed E-state index contributed by atoms with van der Waals surface area (Å²) in [7, 11) is 0. The maximum absolute atomic E-state index is 12.4. The molecule has 2 aliphatic heterocycles. The van der Waals surface area contributed by atoms with Crippen LogP contribution in [0.2, 0.25) is 0 Å². The van der Waals surface area contributed by atoms with E-state index in [1.807, 2.05) is 12.1 Å². The predicted octanol–water partition coefficient (Wildman–Crippen LogP) is 2.01. The maximum atomic E-state index is 12.4. The van der Waals surface area contributed by atoms with Crippen LogP contribution in [0.25, 0.3) is 0 Å². The van der Waals surface area contributed by atoms with Gasteiger partial charge in [-0.15, -0.1) is 0 Å². The highest BCUT2D eigenvalue weighted by molar-refractivity contribution is 6.11. The first-order valence-electron chi connectivity index (χ1n) is 9.90. The average Bonchev–Trinajstić information content (AvgIpc) is 2.69. The molecule has 0 N–H and O–H groups in total. The molecule has 1 aliphatic carbocycles. The van der Waals surface area contributed by atoms with Crippen LogP contribution in [0.1, 0.15) is 37.7 Å². The van der Waals surface area contributed by atoms with Gasteiger partial charge in [0, 0.05) is 56.3 Å². The SMILES string of the molecule is O=C(Cc1cccnc1)CN1CCN(C2=NC3=C(CCCC3)C(=O)C2)CC1. The van der Waals surface area contributed by atoms with Crippen molar-refractivity contribution in [1.82, 2.24) is 14.8 Å². The number of carbonyl (C=O) groups is 2. The Morgan fingerprint density at radius 2 is 1.93 bits per heavy atom. The van der Waals surface area contributed by atoms with E-state index in [0.717, 1.165) is 74.5 Å². The molecule has 142 valence electrons. The van der Waals surface area contributed by atoms with Crippen molar-refractivity contribution in [2.45, 2.75) is 38.5 Å². The van der Waals surface area contributed by atoms with Gasteiger partial charge < -0.3 is 4.90 Å².